The molecule has 0 radical (unpaired) electrons. The molecule has 0 aliphatic heterocycles. The smallest absolute Gasteiger partial charge is 0.466 e. The summed E-state index contributed by atoms with van der Waals surface area (Å²) in [5.41, 5.74) is 0.506. The molecule has 1 aromatic carbocycles. The first-order valence-corrected chi connectivity index (χ1v) is 5.58. The SMILES string of the molecule is CCOC(=O)CC=Cc1cccc(OC(F)(F)F)c1. The molecule has 0 heterocycles. The standard InChI is InChI=1S/C13H13F3O3/c1-2-18-12(17)8-4-6-10-5-3-7-11(9-10)19-13(14,15)16/h3-7,9H,2,8H2,1H3. The highest BCUT2D eigenvalue weighted by Crippen LogP contribution is 2.23. The van der Waals surface area contributed by atoms with E-state index in [1.165, 1.54) is 30.4 Å². The van der Waals surface area contributed by atoms with Gasteiger partial charge in [0.25, 0.3) is 0 Å². The second-order valence-corrected chi connectivity index (χ2v) is 3.53. The van der Waals surface area contributed by atoms with Gasteiger partial charge in [-0.25, -0.2) is 0 Å². The van der Waals surface area contributed by atoms with Crippen molar-refractivity contribution in [1.29, 1.82) is 0 Å². The first kappa shape index (κ1) is 15.1. The van der Waals surface area contributed by atoms with Crippen LogP contribution in [0.2, 0.25) is 0 Å². The molecule has 0 fully saturated rings. The van der Waals surface area contributed by atoms with E-state index in [1.54, 1.807) is 13.0 Å². The number of benzene rings is 1. The van der Waals surface area contributed by atoms with Gasteiger partial charge in [-0.3, -0.25) is 4.79 Å². The molecule has 0 bridgehead atoms. The van der Waals surface area contributed by atoms with Crippen molar-refractivity contribution in [2.45, 2.75) is 19.7 Å². The number of halogens is 3. The number of hydrogen-bond acceptors (Lipinski definition) is 3. The monoisotopic (exact) mass is 274 g/mol. The maximum atomic E-state index is 12.0. The number of hydrogen-bond donors (Lipinski definition) is 0. The summed E-state index contributed by atoms with van der Waals surface area (Å²) in [6, 6.07) is 5.47. The number of carbonyl (C=O) groups excluding carboxylic acids is 1. The van der Waals surface area contributed by atoms with Crippen molar-refractivity contribution >= 4 is 12.0 Å². The molecular weight excluding hydrogens is 261 g/mol. The minimum Gasteiger partial charge on any atom is -0.466 e. The van der Waals surface area contributed by atoms with Gasteiger partial charge >= 0.3 is 12.3 Å². The summed E-state index contributed by atoms with van der Waals surface area (Å²) in [6.07, 6.45) is -1.60. The Morgan fingerprint density at radius 3 is 2.74 bits per heavy atom. The highest BCUT2D eigenvalue weighted by molar-refractivity contribution is 5.72. The average molecular weight is 274 g/mol. The van der Waals surface area contributed by atoms with Gasteiger partial charge in [-0.15, -0.1) is 13.2 Å². The Morgan fingerprint density at radius 1 is 1.37 bits per heavy atom. The lowest BCUT2D eigenvalue weighted by atomic mass is 10.2. The fourth-order valence-electron chi connectivity index (χ4n) is 1.33. The molecule has 0 aliphatic rings. The van der Waals surface area contributed by atoms with E-state index in [-0.39, 0.29) is 18.1 Å². The van der Waals surface area contributed by atoms with Crippen LogP contribution in [0.25, 0.3) is 6.08 Å². The van der Waals surface area contributed by atoms with Crippen LogP contribution < -0.4 is 4.74 Å². The molecule has 6 heteroatoms. The van der Waals surface area contributed by atoms with E-state index in [9.17, 15) is 18.0 Å². The molecule has 19 heavy (non-hydrogen) atoms. The maximum absolute atomic E-state index is 12.0. The lowest BCUT2D eigenvalue weighted by molar-refractivity contribution is -0.274. The largest absolute Gasteiger partial charge is 0.573 e. The summed E-state index contributed by atoms with van der Waals surface area (Å²) in [5, 5.41) is 0. The highest BCUT2D eigenvalue weighted by atomic mass is 19.4. The summed E-state index contributed by atoms with van der Waals surface area (Å²) in [6.45, 7) is 1.99. The summed E-state index contributed by atoms with van der Waals surface area (Å²) < 4.78 is 44.5. The molecule has 0 spiro atoms. The molecular formula is C13H13F3O3. The Balaban J connectivity index is 2.62. The van der Waals surface area contributed by atoms with Crippen molar-refractivity contribution in [3.05, 3.63) is 35.9 Å². The second-order valence-electron chi connectivity index (χ2n) is 3.53. The van der Waals surface area contributed by atoms with Crippen molar-refractivity contribution in [3.8, 4) is 5.75 Å². The van der Waals surface area contributed by atoms with Crippen LogP contribution in [-0.4, -0.2) is 18.9 Å². The lowest BCUT2D eigenvalue weighted by Crippen LogP contribution is -2.17. The molecule has 0 atom stereocenters. The Hall–Kier alpha value is -1.98. The third-order valence-electron chi connectivity index (χ3n) is 1.99. The average Bonchev–Trinajstić information content (AvgIpc) is 2.27. The first-order chi connectivity index (χ1) is 8.90. The van der Waals surface area contributed by atoms with E-state index in [0.29, 0.717) is 12.2 Å². The van der Waals surface area contributed by atoms with Crippen molar-refractivity contribution in [2.75, 3.05) is 6.61 Å². The number of ether oxygens (including phenoxy) is 2. The molecule has 0 saturated carbocycles. The summed E-state index contributed by atoms with van der Waals surface area (Å²) in [7, 11) is 0. The zero-order valence-electron chi connectivity index (χ0n) is 10.2. The van der Waals surface area contributed by atoms with Gasteiger partial charge in [-0.1, -0.05) is 24.3 Å². The van der Waals surface area contributed by atoms with Gasteiger partial charge < -0.3 is 9.47 Å². The molecule has 3 nitrogen and oxygen atoms in total. The Morgan fingerprint density at radius 2 is 2.11 bits per heavy atom. The molecule has 0 aliphatic carbocycles. The second kappa shape index (κ2) is 6.82. The van der Waals surface area contributed by atoms with Crippen LogP contribution in [0.3, 0.4) is 0 Å². The van der Waals surface area contributed by atoms with Crippen molar-refractivity contribution in [1.82, 2.24) is 0 Å². The highest BCUT2D eigenvalue weighted by Gasteiger charge is 2.30. The van der Waals surface area contributed by atoms with Crippen LogP contribution in [0.4, 0.5) is 13.2 Å². The Bertz CT molecular complexity index is 453. The van der Waals surface area contributed by atoms with Crippen LogP contribution in [0.5, 0.6) is 5.75 Å². The van der Waals surface area contributed by atoms with Crippen molar-refractivity contribution in [3.63, 3.8) is 0 Å². The van der Waals surface area contributed by atoms with Crippen molar-refractivity contribution in [2.24, 2.45) is 0 Å². The van der Waals surface area contributed by atoms with Crippen LogP contribution in [-0.2, 0) is 9.53 Å². The predicted octanol–water partition coefficient (Wildman–Crippen LogP) is 3.55. The third kappa shape index (κ3) is 6.49. The zero-order chi connectivity index (χ0) is 14.3. The van der Waals surface area contributed by atoms with Gasteiger partial charge in [0.15, 0.2) is 0 Å². The fraction of sp³-hybridized carbons (Fsp3) is 0.308. The summed E-state index contributed by atoms with van der Waals surface area (Å²) in [4.78, 5) is 11.0. The number of carbonyl (C=O) groups is 1. The van der Waals surface area contributed by atoms with E-state index in [1.807, 2.05) is 0 Å². The zero-order valence-corrected chi connectivity index (χ0v) is 10.2. The predicted molar refractivity (Wildman–Crippen MR) is 63.4 cm³/mol. The lowest BCUT2D eigenvalue weighted by Gasteiger charge is -2.08. The van der Waals surface area contributed by atoms with Crippen LogP contribution in [0.15, 0.2) is 30.3 Å². The van der Waals surface area contributed by atoms with Crippen LogP contribution in [0, 0.1) is 0 Å². The quantitative estimate of drug-likeness (QED) is 0.770. The minimum absolute atomic E-state index is 0.0677. The molecule has 104 valence electrons. The maximum Gasteiger partial charge on any atom is 0.573 e. The van der Waals surface area contributed by atoms with E-state index in [4.69, 9.17) is 4.74 Å². The van der Waals surface area contributed by atoms with Crippen LogP contribution >= 0.6 is 0 Å². The topological polar surface area (TPSA) is 35.5 Å². The normalized spacial score (nSPS) is 11.6. The summed E-state index contributed by atoms with van der Waals surface area (Å²) >= 11 is 0. The summed E-state index contributed by atoms with van der Waals surface area (Å²) in [5.74, 6) is -0.688. The van der Waals surface area contributed by atoms with Crippen LogP contribution in [0.1, 0.15) is 18.9 Å². The third-order valence-corrected chi connectivity index (χ3v) is 1.99. The number of alkyl halides is 3. The number of esters is 1. The minimum atomic E-state index is -4.72. The van der Waals surface area contributed by atoms with Gasteiger partial charge in [0.05, 0.1) is 13.0 Å². The number of rotatable bonds is 5. The Kier molecular flexibility index (Phi) is 5.41. The van der Waals surface area contributed by atoms with E-state index < -0.39 is 6.36 Å². The van der Waals surface area contributed by atoms with E-state index >= 15 is 0 Å². The van der Waals surface area contributed by atoms with Gasteiger partial charge in [-0.05, 0) is 24.6 Å². The van der Waals surface area contributed by atoms with E-state index in [2.05, 4.69) is 4.74 Å². The molecule has 1 rings (SSSR count). The van der Waals surface area contributed by atoms with Crippen molar-refractivity contribution < 1.29 is 27.4 Å². The fourth-order valence-corrected chi connectivity index (χ4v) is 1.33. The van der Waals surface area contributed by atoms with Gasteiger partial charge in [0.1, 0.15) is 5.75 Å². The molecule has 0 N–H and O–H groups in total. The van der Waals surface area contributed by atoms with Gasteiger partial charge in [0, 0.05) is 0 Å². The van der Waals surface area contributed by atoms with Gasteiger partial charge in [0.2, 0.25) is 0 Å². The molecule has 0 saturated heterocycles. The molecule has 0 aromatic heterocycles. The van der Waals surface area contributed by atoms with E-state index in [0.717, 1.165) is 0 Å². The molecule has 0 unspecified atom stereocenters. The first-order valence-electron chi connectivity index (χ1n) is 5.58. The Labute approximate surface area is 108 Å². The van der Waals surface area contributed by atoms with Gasteiger partial charge in [-0.2, -0.15) is 0 Å². The molecule has 1 aromatic rings. The molecule has 0 amide bonds.